The van der Waals surface area contributed by atoms with E-state index in [-0.39, 0.29) is 5.91 Å². The summed E-state index contributed by atoms with van der Waals surface area (Å²) in [4.78, 5) is 14.5. The van der Waals surface area contributed by atoms with Gasteiger partial charge in [0.2, 0.25) is 5.91 Å². The van der Waals surface area contributed by atoms with Gasteiger partial charge in [0.15, 0.2) is 0 Å². The van der Waals surface area contributed by atoms with Gasteiger partial charge in [-0.05, 0) is 38.6 Å². The molecule has 0 radical (unpaired) electrons. The molecule has 0 saturated carbocycles. The molecule has 5 heteroatoms. The van der Waals surface area contributed by atoms with Gasteiger partial charge in [-0.1, -0.05) is 0 Å². The van der Waals surface area contributed by atoms with Crippen molar-refractivity contribution in [3.8, 4) is 0 Å². The highest BCUT2D eigenvalue weighted by molar-refractivity contribution is 5.84. The molecule has 0 aromatic rings. The number of nitrogens with one attached hydrogen (secondary N) is 1. The number of rotatable bonds is 5. The van der Waals surface area contributed by atoms with Crippen LogP contribution in [0.25, 0.3) is 0 Å². The van der Waals surface area contributed by atoms with Crippen molar-refractivity contribution in [2.24, 2.45) is 5.41 Å². The number of methoxy groups -OCH3 is 1. The highest BCUT2D eigenvalue weighted by Crippen LogP contribution is 2.37. The third-order valence-electron chi connectivity index (χ3n) is 4.47. The molecule has 2 saturated heterocycles. The number of hydrogen-bond donors (Lipinski definition) is 2. The number of aliphatic hydroxyl groups excluding tert-OH is 1. The molecule has 110 valence electrons. The van der Waals surface area contributed by atoms with Crippen LogP contribution in [-0.4, -0.2) is 61.9 Å². The lowest BCUT2D eigenvalue weighted by Crippen LogP contribution is -2.61. The maximum atomic E-state index is 12.2. The van der Waals surface area contributed by atoms with Crippen molar-refractivity contribution >= 4 is 5.91 Å². The minimum absolute atomic E-state index is 0.0489. The summed E-state index contributed by atoms with van der Waals surface area (Å²) >= 11 is 0. The summed E-state index contributed by atoms with van der Waals surface area (Å²) in [6.07, 6.45) is 4.14. The SMILES string of the molecule is COCCCCN1CC[C@@H](O)[C@@]2(CCCNC2=O)C1. The first kappa shape index (κ1) is 14.8. The van der Waals surface area contributed by atoms with Gasteiger partial charge in [0, 0.05) is 33.4 Å². The normalized spacial score (nSPS) is 32.5. The van der Waals surface area contributed by atoms with Gasteiger partial charge in [-0.2, -0.15) is 0 Å². The first-order valence-electron chi connectivity index (χ1n) is 7.37. The number of carbonyl (C=O) groups excluding carboxylic acids is 1. The van der Waals surface area contributed by atoms with E-state index in [1.807, 2.05) is 0 Å². The van der Waals surface area contributed by atoms with Crippen molar-refractivity contribution in [1.29, 1.82) is 0 Å². The van der Waals surface area contributed by atoms with E-state index >= 15 is 0 Å². The molecule has 2 fully saturated rings. The highest BCUT2D eigenvalue weighted by atomic mass is 16.5. The van der Waals surface area contributed by atoms with E-state index in [0.717, 1.165) is 51.9 Å². The van der Waals surface area contributed by atoms with Crippen LogP contribution in [-0.2, 0) is 9.53 Å². The molecule has 2 aliphatic heterocycles. The molecule has 0 bridgehead atoms. The summed E-state index contributed by atoms with van der Waals surface area (Å²) < 4.78 is 5.05. The maximum Gasteiger partial charge on any atom is 0.230 e. The number of carbonyl (C=O) groups is 1. The molecule has 2 rings (SSSR count). The van der Waals surface area contributed by atoms with Gasteiger partial charge in [-0.25, -0.2) is 0 Å². The highest BCUT2D eigenvalue weighted by Gasteiger charge is 2.49. The molecule has 0 unspecified atom stereocenters. The van der Waals surface area contributed by atoms with Crippen molar-refractivity contribution in [2.45, 2.75) is 38.2 Å². The predicted molar refractivity (Wildman–Crippen MR) is 72.9 cm³/mol. The monoisotopic (exact) mass is 270 g/mol. The van der Waals surface area contributed by atoms with E-state index < -0.39 is 11.5 Å². The Bertz CT molecular complexity index is 311. The fourth-order valence-electron chi connectivity index (χ4n) is 3.30. The first-order valence-corrected chi connectivity index (χ1v) is 7.37. The lowest BCUT2D eigenvalue weighted by molar-refractivity contribution is -0.149. The topological polar surface area (TPSA) is 61.8 Å². The summed E-state index contributed by atoms with van der Waals surface area (Å²) in [5.74, 6) is 0.0489. The standard InChI is InChI=1S/C14H26N2O3/c1-19-10-3-2-8-16-9-5-12(17)14(11-16)6-4-7-15-13(14)18/h12,17H,2-11H2,1H3,(H,15,18)/t12-,14-/m1/s1. The third-order valence-corrected chi connectivity index (χ3v) is 4.47. The van der Waals surface area contributed by atoms with Gasteiger partial charge < -0.3 is 20.1 Å². The second-order valence-corrected chi connectivity index (χ2v) is 5.80. The number of nitrogens with zero attached hydrogens (tertiary/aromatic N) is 1. The van der Waals surface area contributed by atoms with Crippen molar-refractivity contribution in [2.75, 3.05) is 39.9 Å². The fraction of sp³-hybridized carbons (Fsp3) is 0.929. The first-order chi connectivity index (χ1) is 9.19. The largest absolute Gasteiger partial charge is 0.392 e. The van der Waals surface area contributed by atoms with Crippen LogP contribution in [0.4, 0.5) is 0 Å². The smallest absolute Gasteiger partial charge is 0.230 e. The van der Waals surface area contributed by atoms with Crippen molar-refractivity contribution in [1.82, 2.24) is 10.2 Å². The second kappa shape index (κ2) is 6.68. The van der Waals surface area contributed by atoms with E-state index in [0.29, 0.717) is 13.0 Å². The molecule has 19 heavy (non-hydrogen) atoms. The number of hydrogen-bond acceptors (Lipinski definition) is 4. The van der Waals surface area contributed by atoms with E-state index in [2.05, 4.69) is 10.2 Å². The van der Waals surface area contributed by atoms with Gasteiger partial charge in [0.05, 0.1) is 11.5 Å². The van der Waals surface area contributed by atoms with E-state index in [1.54, 1.807) is 7.11 Å². The van der Waals surface area contributed by atoms with E-state index in [1.165, 1.54) is 0 Å². The number of piperidine rings is 2. The number of aliphatic hydroxyl groups is 1. The Morgan fingerprint density at radius 3 is 3.11 bits per heavy atom. The summed E-state index contributed by atoms with van der Waals surface area (Å²) in [7, 11) is 1.72. The molecule has 2 heterocycles. The summed E-state index contributed by atoms with van der Waals surface area (Å²) in [5, 5.41) is 13.2. The second-order valence-electron chi connectivity index (χ2n) is 5.80. The molecule has 2 aliphatic rings. The zero-order valence-corrected chi connectivity index (χ0v) is 11.9. The maximum absolute atomic E-state index is 12.2. The van der Waals surface area contributed by atoms with Gasteiger partial charge in [-0.15, -0.1) is 0 Å². The van der Waals surface area contributed by atoms with Gasteiger partial charge in [0.25, 0.3) is 0 Å². The molecule has 2 atom stereocenters. The summed E-state index contributed by atoms with van der Waals surface area (Å²) in [6.45, 7) is 4.13. The third kappa shape index (κ3) is 3.27. The summed E-state index contributed by atoms with van der Waals surface area (Å²) in [5.41, 5.74) is -0.558. The molecule has 0 aliphatic carbocycles. The molecule has 5 nitrogen and oxygen atoms in total. The minimum Gasteiger partial charge on any atom is -0.392 e. The van der Waals surface area contributed by atoms with E-state index in [9.17, 15) is 9.90 Å². The molecular formula is C14H26N2O3. The summed E-state index contributed by atoms with van der Waals surface area (Å²) in [6, 6.07) is 0. The predicted octanol–water partition coefficient (Wildman–Crippen LogP) is 0.376. The van der Waals surface area contributed by atoms with Crippen LogP contribution in [0.5, 0.6) is 0 Å². The molecule has 2 N–H and O–H groups in total. The zero-order chi connectivity index (χ0) is 13.7. The lowest BCUT2D eigenvalue weighted by atomic mass is 9.71. The van der Waals surface area contributed by atoms with Crippen molar-refractivity contribution in [3.05, 3.63) is 0 Å². The Morgan fingerprint density at radius 2 is 2.37 bits per heavy atom. The molecular weight excluding hydrogens is 244 g/mol. The van der Waals surface area contributed by atoms with Crippen LogP contribution < -0.4 is 5.32 Å². The Hall–Kier alpha value is -0.650. The average molecular weight is 270 g/mol. The van der Waals surface area contributed by atoms with E-state index in [4.69, 9.17) is 4.74 Å². The molecule has 1 amide bonds. The van der Waals surface area contributed by atoms with Gasteiger partial charge in [0.1, 0.15) is 0 Å². The Morgan fingerprint density at radius 1 is 1.53 bits per heavy atom. The van der Waals surface area contributed by atoms with Gasteiger partial charge in [-0.3, -0.25) is 4.79 Å². The fourth-order valence-corrected chi connectivity index (χ4v) is 3.30. The van der Waals surface area contributed by atoms with Crippen LogP contribution in [0.2, 0.25) is 0 Å². The van der Waals surface area contributed by atoms with Crippen LogP contribution in [0, 0.1) is 5.41 Å². The van der Waals surface area contributed by atoms with Gasteiger partial charge >= 0.3 is 0 Å². The Balaban J connectivity index is 1.90. The molecule has 1 spiro atoms. The number of unbranched alkanes of at least 4 members (excludes halogenated alkanes) is 1. The quantitative estimate of drug-likeness (QED) is 0.709. The van der Waals surface area contributed by atoms with Crippen LogP contribution in [0.3, 0.4) is 0 Å². The number of ether oxygens (including phenoxy) is 1. The molecule has 0 aromatic carbocycles. The zero-order valence-electron chi connectivity index (χ0n) is 11.9. The average Bonchev–Trinajstić information content (AvgIpc) is 2.42. The van der Waals surface area contributed by atoms with Crippen molar-refractivity contribution in [3.63, 3.8) is 0 Å². The van der Waals surface area contributed by atoms with Crippen LogP contribution >= 0.6 is 0 Å². The minimum atomic E-state index is -0.558. The van der Waals surface area contributed by atoms with Crippen molar-refractivity contribution < 1.29 is 14.6 Å². The number of amides is 1. The molecule has 0 aromatic heterocycles. The van der Waals surface area contributed by atoms with Crippen LogP contribution in [0.15, 0.2) is 0 Å². The van der Waals surface area contributed by atoms with Crippen LogP contribution in [0.1, 0.15) is 32.1 Å². The lowest BCUT2D eigenvalue weighted by Gasteiger charge is -2.47. The Labute approximate surface area is 115 Å². The Kier molecular flexibility index (Phi) is 5.19. The number of likely N-dealkylation sites (tertiary alicyclic amines) is 1.